The minimum atomic E-state index is -0.251. The van der Waals surface area contributed by atoms with Crippen molar-refractivity contribution in [2.75, 3.05) is 32.7 Å². The van der Waals surface area contributed by atoms with Crippen LogP contribution in [0.5, 0.6) is 0 Å². The van der Waals surface area contributed by atoms with E-state index in [-0.39, 0.29) is 22.8 Å². The molecule has 1 saturated heterocycles. The number of amides is 1. The van der Waals surface area contributed by atoms with Gasteiger partial charge in [-0.2, -0.15) is 0 Å². The van der Waals surface area contributed by atoms with Crippen LogP contribution in [0, 0.1) is 0 Å². The SMILES string of the molecule is CC[NH+]1CCN(C(=O)[C@H](C)Sc2nc3ccccc3c(=O)n2C2CCCC2)CC1. The van der Waals surface area contributed by atoms with Crippen LogP contribution in [-0.2, 0) is 4.79 Å². The van der Waals surface area contributed by atoms with Gasteiger partial charge in [0, 0.05) is 6.04 Å². The fourth-order valence-electron chi connectivity index (χ4n) is 4.56. The summed E-state index contributed by atoms with van der Waals surface area (Å²) < 4.78 is 1.88. The fourth-order valence-corrected chi connectivity index (χ4v) is 5.62. The molecule has 1 N–H and O–H groups in total. The molecule has 2 aliphatic rings. The summed E-state index contributed by atoms with van der Waals surface area (Å²) in [5.41, 5.74) is 0.749. The normalized spacial score (nSPS) is 19.7. The Morgan fingerprint density at radius 1 is 1.24 bits per heavy atom. The Kier molecular flexibility index (Phi) is 6.25. The minimum Gasteiger partial charge on any atom is -0.332 e. The molecule has 29 heavy (non-hydrogen) atoms. The van der Waals surface area contributed by atoms with Crippen LogP contribution in [0.15, 0.2) is 34.2 Å². The van der Waals surface area contributed by atoms with Crippen LogP contribution in [-0.4, -0.2) is 58.3 Å². The zero-order valence-corrected chi connectivity index (χ0v) is 18.2. The molecule has 156 valence electrons. The highest BCUT2D eigenvalue weighted by atomic mass is 32.2. The first-order valence-corrected chi connectivity index (χ1v) is 11.8. The van der Waals surface area contributed by atoms with Crippen LogP contribution in [0.2, 0.25) is 0 Å². The number of fused-ring (bicyclic) bond motifs is 1. The third-order valence-corrected chi connectivity index (χ3v) is 7.43. The van der Waals surface area contributed by atoms with Crippen molar-refractivity contribution >= 4 is 28.6 Å². The molecule has 2 aromatic rings. The molecule has 1 saturated carbocycles. The smallest absolute Gasteiger partial charge is 0.262 e. The van der Waals surface area contributed by atoms with Gasteiger partial charge in [0.25, 0.3) is 5.56 Å². The first kappa shape index (κ1) is 20.4. The van der Waals surface area contributed by atoms with Crippen molar-refractivity contribution in [3.05, 3.63) is 34.6 Å². The average molecular weight is 416 g/mol. The highest BCUT2D eigenvalue weighted by molar-refractivity contribution is 8.00. The van der Waals surface area contributed by atoms with Crippen LogP contribution < -0.4 is 10.5 Å². The van der Waals surface area contributed by atoms with Gasteiger partial charge < -0.3 is 9.80 Å². The maximum atomic E-state index is 13.3. The molecule has 2 fully saturated rings. The van der Waals surface area contributed by atoms with E-state index >= 15 is 0 Å². The number of nitrogens with zero attached hydrogens (tertiary/aromatic N) is 3. The zero-order valence-electron chi connectivity index (χ0n) is 17.4. The van der Waals surface area contributed by atoms with E-state index in [1.54, 1.807) is 4.90 Å². The Hall–Kier alpha value is -1.86. The van der Waals surface area contributed by atoms with Gasteiger partial charge in [-0.15, -0.1) is 0 Å². The fraction of sp³-hybridized carbons (Fsp3) is 0.591. The van der Waals surface area contributed by atoms with E-state index in [0.717, 1.165) is 58.4 Å². The zero-order chi connectivity index (χ0) is 20.4. The highest BCUT2D eigenvalue weighted by Crippen LogP contribution is 2.33. The number of hydrogen-bond acceptors (Lipinski definition) is 4. The number of likely N-dealkylation sites (N-methyl/N-ethyl adjacent to an activating group) is 1. The molecule has 0 spiro atoms. The van der Waals surface area contributed by atoms with Gasteiger partial charge in [-0.05, 0) is 38.8 Å². The predicted molar refractivity (Wildman–Crippen MR) is 117 cm³/mol. The van der Waals surface area contributed by atoms with Gasteiger partial charge in [-0.3, -0.25) is 14.2 Å². The number of rotatable bonds is 5. The van der Waals surface area contributed by atoms with Crippen molar-refractivity contribution in [3.8, 4) is 0 Å². The quantitative estimate of drug-likeness (QED) is 0.597. The lowest BCUT2D eigenvalue weighted by Gasteiger charge is -2.33. The lowest BCUT2D eigenvalue weighted by atomic mass is 10.2. The number of carbonyl (C=O) groups is 1. The van der Waals surface area contributed by atoms with Crippen LogP contribution in [0.25, 0.3) is 10.9 Å². The number of benzene rings is 1. The topological polar surface area (TPSA) is 59.6 Å². The van der Waals surface area contributed by atoms with Crippen molar-refractivity contribution in [1.82, 2.24) is 14.5 Å². The molecular weight excluding hydrogens is 384 g/mol. The number of aromatic nitrogens is 2. The first-order valence-electron chi connectivity index (χ1n) is 10.9. The molecule has 0 bridgehead atoms. The molecule has 1 aliphatic heterocycles. The van der Waals surface area contributed by atoms with E-state index in [4.69, 9.17) is 4.98 Å². The van der Waals surface area contributed by atoms with Gasteiger partial charge in [-0.1, -0.05) is 36.7 Å². The third-order valence-electron chi connectivity index (χ3n) is 6.38. The van der Waals surface area contributed by atoms with Gasteiger partial charge in [0.2, 0.25) is 5.91 Å². The van der Waals surface area contributed by atoms with Crippen molar-refractivity contribution in [1.29, 1.82) is 0 Å². The summed E-state index contributed by atoms with van der Waals surface area (Å²) in [6, 6.07) is 7.74. The molecule has 6 nitrogen and oxygen atoms in total. The summed E-state index contributed by atoms with van der Waals surface area (Å²) in [4.78, 5) is 34.7. The van der Waals surface area contributed by atoms with Gasteiger partial charge in [0.1, 0.15) is 0 Å². The average Bonchev–Trinajstić information content (AvgIpc) is 3.27. The molecule has 1 amide bonds. The van der Waals surface area contributed by atoms with Crippen molar-refractivity contribution in [2.24, 2.45) is 0 Å². The number of para-hydroxylation sites is 1. The number of hydrogen-bond donors (Lipinski definition) is 1. The van der Waals surface area contributed by atoms with Crippen molar-refractivity contribution < 1.29 is 9.69 Å². The molecule has 1 aromatic carbocycles. The second-order valence-corrected chi connectivity index (χ2v) is 9.52. The van der Waals surface area contributed by atoms with Crippen LogP contribution in [0.4, 0.5) is 0 Å². The molecule has 4 rings (SSSR count). The Morgan fingerprint density at radius 3 is 2.62 bits per heavy atom. The summed E-state index contributed by atoms with van der Waals surface area (Å²) in [6.07, 6.45) is 4.31. The summed E-state index contributed by atoms with van der Waals surface area (Å²) in [5.74, 6) is 0.158. The lowest BCUT2D eigenvalue weighted by molar-refractivity contribution is -0.902. The monoisotopic (exact) mass is 415 g/mol. The molecule has 1 aromatic heterocycles. The standard InChI is InChI=1S/C22H30N4O2S/c1-3-24-12-14-25(15-13-24)20(27)16(2)29-22-23-19-11-7-6-10-18(19)21(28)26(22)17-8-4-5-9-17/h6-7,10-11,16-17H,3-5,8-9,12-15H2,1-2H3/p+1/t16-/m0/s1. The highest BCUT2D eigenvalue weighted by Gasteiger charge is 2.29. The third kappa shape index (κ3) is 4.21. The van der Waals surface area contributed by atoms with Gasteiger partial charge in [0.05, 0.1) is 48.9 Å². The maximum absolute atomic E-state index is 13.3. The summed E-state index contributed by atoms with van der Waals surface area (Å²) in [7, 11) is 0. The van der Waals surface area contributed by atoms with E-state index in [9.17, 15) is 9.59 Å². The maximum Gasteiger partial charge on any atom is 0.262 e. The second kappa shape index (κ2) is 8.88. The molecule has 0 radical (unpaired) electrons. The summed E-state index contributed by atoms with van der Waals surface area (Å²) >= 11 is 1.45. The summed E-state index contributed by atoms with van der Waals surface area (Å²) in [6.45, 7) is 8.91. The van der Waals surface area contributed by atoms with Gasteiger partial charge >= 0.3 is 0 Å². The second-order valence-electron chi connectivity index (χ2n) is 8.21. The van der Waals surface area contributed by atoms with Crippen LogP contribution in [0.3, 0.4) is 0 Å². The Bertz CT molecular complexity index is 930. The lowest BCUT2D eigenvalue weighted by Crippen LogP contribution is -3.14. The Morgan fingerprint density at radius 2 is 1.93 bits per heavy atom. The van der Waals surface area contributed by atoms with E-state index in [2.05, 4.69) is 6.92 Å². The summed E-state index contributed by atoms with van der Waals surface area (Å²) in [5, 5.41) is 1.11. The predicted octanol–water partition coefficient (Wildman–Crippen LogP) is 1.74. The number of thioether (sulfide) groups is 1. The Balaban J connectivity index is 1.60. The molecule has 7 heteroatoms. The van der Waals surface area contributed by atoms with Crippen LogP contribution >= 0.6 is 11.8 Å². The number of carbonyl (C=O) groups excluding carboxylic acids is 1. The van der Waals surface area contributed by atoms with Gasteiger partial charge in [0.15, 0.2) is 5.16 Å². The van der Waals surface area contributed by atoms with E-state index in [1.807, 2.05) is 40.7 Å². The number of piperazine rings is 1. The first-order chi connectivity index (χ1) is 14.1. The van der Waals surface area contributed by atoms with E-state index in [0.29, 0.717) is 16.1 Å². The van der Waals surface area contributed by atoms with Crippen LogP contribution in [0.1, 0.15) is 45.6 Å². The molecule has 1 aliphatic carbocycles. The van der Waals surface area contributed by atoms with Gasteiger partial charge in [-0.25, -0.2) is 4.98 Å². The van der Waals surface area contributed by atoms with Crippen molar-refractivity contribution in [2.45, 2.75) is 56.0 Å². The molecule has 2 heterocycles. The van der Waals surface area contributed by atoms with E-state index in [1.165, 1.54) is 11.8 Å². The Labute approximate surface area is 176 Å². The largest absolute Gasteiger partial charge is 0.332 e. The van der Waals surface area contributed by atoms with E-state index < -0.39 is 0 Å². The minimum absolute atomic E-state index is 0.0322. The number of nitrogens with one attached hydrogen (secondary N) is 1. The molecule has 1 atom stereocenters. The molecular formula is C22H31N4O2S+. The molecule has 0 unspecified atom stereocenters. The number of quaternary nitrogens is 1. The van der Waals surface area contributed by atoms with Crippen molar-refractivity contribution in [3.63, 3.8) is 0 Å².